The predicted octanol–water partition coefficient (Wildman–Crippen LogP) is 4.67. The topological polar surface area (TPSA) is 60.5 Å². The third kappa shape index (κ3) is 5.79. The fraction of sp³-hybridized carbons (Fsp3) is 0.200. The van der Waals surface area contributed by atoms with Crippen LogP contribution in [0.15, 0.2) is 53.9 Å². The molecule has 1 amide bonds. The van der Waals surface area contributed by atoms with Gasteiger partial charge in [0.05, 0.1) is 12.3 Å². The van der Waals surface area contributed by atoms with Crippen molar-refractivity contribution < 1.29 is 14.3 Å². The molecule has 2 aromatic carbocycles. The van der Waals surface area contributed by atoms with Gasteiger partial charge in [-0.05, 0) is 36.2 Å². The first-order valence-electron chi connectivity index (χ1n) is 8.36. The number of hydrogen-bond acceptors (Lipinski definition) is 5. The van der Waals surface area contributed by atoms with Crippen molar-refractivity contribution in [1.82, 2.24) is 4.98 Å². The largest absolute Gasteiger partial charge is 0.484 e. The highest BCUT2D eigenvalue weighted by Gasteiger charge is 2.09. The van der Waals surface area contributed by atoms with Crippen LogP contribution in [0.5, 0.6) is 5.75 Å². The number of benzene rings is 2. The molecule has 0 aliphatic heterocycles. The molecule has 0 radical (unpaired) electrons. The molecule has 140 valence electrons. The summed E-state index contributed by atoms with van der Waals surface area (Å²) in [6.07, 6.45) is 0.878. The molecule has 7 heteroatoms. The molecular weight excluding hydrogens is 384 g/mol. The van der Waals surface area contributed by atoms with Gasteiger partial charge in [-0.1, -0.05) is 35.9 Å². The molecule has 0 bridgehead atoms. The van der Waals surface area contributed by atoms with E-state index in [4.69, 9.17) is 21.1 Å². The molecule has 0 spiro atoms. The summed E-state index contributed by atoms with van der Waals surface area (Å²) < 4.78 is 10.5. The summed E-state index contributed by atoms with van der Waals surface area (Å²) in [6.45, 7) is 0.606. The van der Waals surface area contributed by atoms with Crippen LogP contribution in [0.25, 0.3) is 11.3 Å². The fourth-order valence-corrected chi connectivity index (χ4v) is 3.22. The number of nitrogens with one attached hydrogen (secondary N) is 1. The number of carbonyl (C=O) groups is 1. The minimum atomic E-state index is -0.263. The van der Waals surface area contributed by atoms with E-state index in [0.717, 1.165) is 17.7 Å². The number of halogens is 1. The number of hydrogen-bond donors (Lipinski definition) is 1. The molecule has 3 aromatic rings. The lowest BCUT2D eigenvalue weighted by atomic mass is 10.1. The van der Waals surface area contributed by atoms with Gasteiger partial charge in [0.2, 0.25) is 0 Å². The van der Waals surface area contributed by atoms with Gasteiger partial charge in [0.25, 0.3) is 5.91 Å². The monoisotopic (exact) mass is 402 g/mol. The first-order valence-corrected chi connectivity index (χ1v) is 9.62. The number of nitrogens with zero attached hydrogens (tertiary/aromatic N) is 1. The maximum Gasteiger partial charge on any atom is 0.264 e. The zero-order valence-corrected chi connectivity index (χ0v) is 16.3. The van der Waals surface area contributed by atoms with E-state index in [9.17, 15) is 4.79 Å². The molecule has 3 rings (SSSR count). The Labute approximate surface area is 166 Å². The van der Waals surface area contributed by atoms with Crippen LogP contribution in [0.4, 0.5) is 5.13 Å². The summed E-state index contributed by atoms with van der Waals surface area (Å²) in [5.41, 5.74) is 3.04. The van der Waals surface area contributed by atoms with Crippen molar-refractivity contribution in [2.75, 3.05) is 25.6 Å². The molecule has 1 N–H and O–H groups in total. The Balaban J connectivity index is 1.54. The second-order valence-electron chi connectivity index (χ2n) is 5.77. The number of methoxy groups -OCH3 is 1. The number of amides is 1. The summed E-state index contributed by atoms with van der Waals surface area (Å²) in [6, 6.07) is 15.0. The summed E-state index contributed by atoms with van der Waals surface area (Å²) >= 11 is 7.20. The predicted molar refractivity (Wildman–Crippen MR) is 109 cm³/mol. The molecule has 0 aliphatic rings. The number of carbonyl (C=O) groups excluding carboxylic acids is 1. The van der Waals surface area contributed by atoms with Crippen LogP contribution >= 0.6 is 22.9 Å². The smallest absolute Gasteiger partial charge is 0.264 e. The minimum Gasteiger partial charge on any atom is -0.484 e. The average molecular weight is 403 g/mol. The van der Waals surface area contributed by atoms with Gasteiger partial charge in [-0.2, -0.15) is 0 Å². The normalized spacial score (nSPS) is 10.6. The lowest BCUT2D eigenvalue weighted by molar-refractivity contribution is -0.118. The van der Waals surface area contributed by atoms with Crippen LogP contribution < -0.4 is 10.1 Å². The molecule has 0 atom stereocenters. The zero-order chi connectivity index (χ0) is 19.1. The average Bonchev–Trinajstić information content (AvgIpc) is 3.14. The minimum absolute atomic E-state index is 0.0925. The van der Waals surface area contributed by atoms with Crippen molar-refractivity contribution in [1.29, 1.82) is 0 Å². The van der Waals surface area contributed by atoms with E-state index in [2.05, 4.69) is 22.4 Å². The van der Waals surface area contributed by atoms with Gasteiger partial charge in [0.15, 0.2) is 11.7 Å². The second-order valence-corrected chi connectivity index (χ2v) is 7.06. The molecule has 0 saturated carbocycles. The number of ether oxygens (including phenoxy) is 2. The van der Waals surface area contributed by atoms with Crippen LogP contribution in [-0.4, -0.2) is 31.2 Å². The van der Waals surface area contributed by atoms with Gasteiger partial charge in [-0.15, -0.1) is 11.3 Å². The van der Waals surface area contributed by atoms with E-state index >= 15 is 0 Å². The fourth-order valence-electron chi connectivity index (χ4n) is 2.36. The Bertz CT molecular complexity index is 879. The van der Waals surface area contributed by atoms with E-state index in [1.165, 1.54) is 16.9 Å². The Morgan fingerprint density at radius 2 is 1.89 bits per heavy atom. The molecule has 0 aliphatic carbocycles. The van der Waals surface area contributed by atoms with Crippen LogP contribution in [-0.2, 0) is 16.0 Å². The number of anilines is 1. The van der Waals surface area contributed by atoms with Gasteiger partial charge < -0.3 is 9.47 Å². The van der Waals surface area contributed by atoms with E-state index in [1.807, 2.05) is 17.5 Å². The van der Waals surface area contributed by atoms with E-state index in [-0.39, 0.29) is 12.5 Å². The highest BCUT2D eigenvalue weighted by Crippen LogP contribution is 2.25. The third-order valence-electron chi connectivity index (χ3n) is 3.78. The van der Waals surface area contributed by atoms with Crippen molar-refractivity contribution in [2.24, 2.45) is 0 Å². The van der Waals surface area contributed by atoms with Gasteiger partial charge >= 0.3 is 0 Å². The molecule has 1 aromatic heterocycles. The van der Waals surface area contributed by atoms with Crippen LogP contribution in [0.1, 0.15) is 5.56 Å². The van der Waals surface area contributed by atoms with Gasteiger partial charge in [-0.25, -0.2) is 4.98 Å². The van der Waals surface area contributed by atoms with Crippen molar-refractivity contribution in [3.63, 3.8) is 0 Å². The summed E-state index contributed by atoms with van der Waals surface area (Å²) in [5, 5.41) is 5.83. The maximum atomic E-state index is 12.0. The Hall–Kier alpha value is -2.41. The van der Waals surface area contributed by atoms with Crippen LogP contribution in [0, 0.1) is 0 Å². The van der Waals surface area contributed by atoms with E-state index < -0.39 is 0 Å². The molecule has 27 heavy (non-hydrogen) atoms. The van der Waals surface area contributed by atoms with Crippen LogP contribution in [0.3, 0.4) is 0 Å². The molecule has 0 unspecified atom stereocenters. The lowest BCUT2D eigenvalue weighted by Crippen LogP contribution is -2.20. The zero-order valence-electron chi connectivity index (χ0n) is 14.8. The van der Waals surface area contributed by atoms with Gasteiger partial charge in [0.1, 0.15) is 5.75 Å². The standard InChI is InChI=1S/C20H19ClN2O3S/c1-25-11-10-14-2-4-15(5-3-14)18-13-27-20(22-18)23-19(24)12-26-17-8-6-16(21)7-9-17/h2-9,13H,10-12H2,1H3,(H,22,23,24). The maximum absolute atomic E-state index is 12.0. The van der Waals surface area contributed by atoms with E-state index in [0.29, 0.717) is 22.5 Å². The number of thiazole rings is 1. The summed E-state index contributed by atoms with van der Waals surface area (Å²) in [4.78, 5) is 16.5. The summed E-state index contributed by atoms with van der Waals surface area (Å²) in [5.74, 6) is 0.323. The Kier molecular flexibility index (Phi) is 6.81. The molecule has 1 heterocycles. The van der Waals surface area contributed by atoms with Crippen molar-refractivity contribution in [3.05, 3.63) is 64.5 Å². The highest BCUT2D eigenvalue weighted by molar-refractivity contribution is 7.14. The van der Waals surface area contributed by atoms with Crippen molar-refractivity contribution in [3.8, 4) is 17.0 Å². The number of aromatic nitrogens is 1. The lowest BCUT2D eigenvalue weighted by Gasteiger charge is -2.05. The summed E-state index contributed by atoms with van der Waals surface area (Å²) in [7, 11) is 1.69. The van der Waals surface area contributed by atoms with Crippen LogP contribution in [0.2, 0.25) is 5.02 Å². The van der Waals surface area contributed by atoms with E-state index in [1.54, 1.807) is 31.4 Å². The first kappa shape index (κ1) is 19.4. The molecule has 5 nitrogen and oxygen atoms in total. The molecule has 0 saturated heterocycles. The Morgan fingerprint density at radius 3 is 2.59 bits per heavy atom. The second kappa shape index (κ2) is 9.50. The van der Waals surface area contributed by atoms with Gasteiger partial charge in [-0.3, -0.25) is 10.1 Å². The first-order chi connectivity index (χ1) is 13.1. The molecule has 0 fully saturated rings. The third-order valence-corrected chi connectivity index (χ3v) is 4.79. The van der Waals surface area contributed by atoms with Crippen molar-refractivity contribution >= 4 is 34.0 Å². The quantitative estimate of drug-likeness (QED) is 0.594. The number of rotatable bonds is 8. The highest BCUT2D eigenvalue weighted by atomic mass is 35.5. The Morgan fingerprint density at radius 1 is 1.15 bits per heavy atom. The molecular formula is C20H19ClN2O3S. The van der Waals surface area contributed by atoms with Gasteiger partial charge in [0, 0.05) is 23.1 Å². The SMILES string of the molecule is COCCc1ccc(-c2csc(NC(=O)COc3ccc(Cl)cc3)n2)cc1. The van der Waals surface area contributed by atoms with Crippen molar-refractivity contribution in [2.45, 2.75) is 6.42 Å².